The van der Waals surface area contributed by atoms with Gasteiger partial charge < -0.3 is 4.74 Å². The van der Waals surface area contributed by atoms with Crippen molar-refractivity contribution in [3.8, 4) is 5.75 Å². The molecule has 0 aliphatic carbocycles. The molecule has 24 heavy (non-hydrogen) atoms. The van der Waals surface area contributed by atoms with Crippen LogP contribution in [-0.4, -0.2) is 45.1 Å². The van der Waals surface area contributed by atoms with Crippen molar-refractivity contribution >= 4 is 10.0 Å². The van der Waals surface area contributed by atoms with Crippen LogP contribution in [0.1, 0.15) is 40.5 Å². The average molecular weight is 355 g/mol. The Hall–Kier alpha value is -1.11. The highest BCUT2D eigenvalue weighted by atomic mass is 32.2. The lowest BCUT2D eigenvalue weighted by atomic mass is 10.0. The normalized spacial score (nSPS) is 17.6. The number of hydrogen-bond donors (Lipinski definition) is 1. The van der Waals surface area contributed by atoms with Crippen molar-refractivity contribution in [2.24, 2.45) is 5.92 Å². The molecular formula is C18H30N2O3S. The molecule has 1 atom stereocenters. The zero-order chi connectivity index (χ0) is 17.7. The van der Waals surface area contributed by atoms with Gasteiger partial charge in [-0.25, -0.2) is 13.1 Å². The van der Waals surface area contributed by atoms with Crippen molar-refractivity contribution in [1.82, 2.24) is 9.62 Å². The molecule has 0 amide bonds. The number of nitrogens with zero attached hydrogens (tertiary/aromatic N) is 1. The number of ether oxygens (including phenoxy) is 1. The topological polar surface area (TPSA) is 58.6 Å². The van der Waals surface area contributed by atoms with Crippen molar-refractivity contribution in [3.63, 3.8) is 0 Å². The van der Waals surface area contributed by atoms with Gasteiger partial charge in [0.25, 0.3) is 0 Å². The van der Waals surface area contributed by atoms with Crippen LogP contribution in [0.5, 0.6) is 5.75 Å². The Morgan fingerprint density at radius 1 is 1.08 bits per heavy atom. The van der Waals surface area contributed by atoms with Gasteiger partial charge in [0.2, 0.25) is 10.0 Å². The van der Waals surface area contributed by atoms with E-state index in [9.17, 15) is 8.42 Å². The lowest BCUT2D eigenvalue weighted by Gasteiger charge is -2.30. The molecule has 0 saturated carbocycles. The first-order chi connectivity index (χ1) is 11.3. The minimum Gasteiger partial charge on any atom is -0.491 e. The van der Waals surface area contributed by atoms with Gasteiger partial charge in [0, 0.05) is 12.6 Å². The summed E-state index contributed by atoms with van der Waals surface area (Å²) in [7, 11) is -3.50. The number of rotatable bonds is 8. The highest BCUT2D eigenvalue weighted by Crippen LogP contribution is 2.19. The van der Waals surface area contributed by atoms with E-state index in [0.29, 0.717) is 18.2 Å². The maximum Gasteiger partial charge on any atom is 0.240 e. The summed E-state index contributed by atoms with van der Waals surface area (Å²) in [5, 5.41) is 0. The van der Waals surface area contributed by atoms with Gasteiger partial charge in [-0.05, 0) is 70.0 Å². The summed E-state index contributed by atoms with van der Waals surface area (Å²) >= 11 is 0. The Labute approximate surface area is 146 Å². The van der Waals surface area contributed by atoms with E-state index in [4.69, 9.17) is 4.74 Å². The van der Waals surface area contributed by atoms with E-state index in [1.54, 1.807) is 24.3 Å². The molecule has 1 N–H and O–H groups in total. The largest absolute Gasteiger partial charge is 0.491 e. The molecule has 1 aliphatic rings. The first-order valence-electron chi connectivity index (χ1n) is 8.80. The smallest absolute Gasteiger partial charge is 0.240 e. The molecule has 1 fully saturated rings. The van der Waals surface area contributed by atoms with Crippen LogP contribution in [0.15, 0.2) is 29.2 Å². The predicted molar refractivity (Wildman–Crippen MR) is 96.8 cm³/mol. The predicted octanol–water partition coefficient (Wildman–Crippen LogP) is 2.87. The summed E-state index contributed by atoms with van der Waals surface area (Å²) in [6.07, 6.45) is 2.47. The number of likely N-dealkylation sites (tertiary alicyclic amines) is 1. The zero-order valence-corrected chi connectivity index (χ0v) is 16.0. The number of sulfonamides is 1. The lowest BCUT2D eigenvalue weighted by molar-refractivity contribution is 0.193. The summed E-state index contributed by atoms with van der Waals surface area (Å²) in [6, 6.07) is 6.84. The van der Waals surface area contributed by atoms with Crippen LogP contribution in [0, 0.1) is 5.92 Å². The van der Waals surface area contributed by atoms with Crippen LogP contribution in [0.4, 0.5) is 0 Å². The van der Waals surface area contributed by atoms with E-state index in [0.717, 1.165) is 13.1 Å². The molecule has 136 valence electrons. The van der Waals surface area contributed by atoms with Crippen molar-refractivity contribution in [2.45, 2.75) is 57.6 Å². The Morgan fingerprint density at radius 2 is 1.67 bits per heavy atom. The lowest BCUT2D eigenvalue weighted by Crippen LogP contribution is -2.45. The Kier molecular flexibility index (Phi) is 6.66. The molecule has 1 saturated heterocycles. The fourth-order valence-electron chi connectivity index (χ4n) is 3.11. The minimum atomic E-state index is -3.50. The first-order valence-corrected chi connectivity index (χ1v) is 10.3. The minimum absolute atomic E-state index is 0.0674. The molecule has 2 rings (SSSR count). The molecule has 0 spiro atoms. The quantitative estimate of drug-likeness (QED) is 0.780. The third kappa shape index (κ3) is 5.19. The van der Waals surface area contributed by atoms with Crippen molar-refractivity contribution in [3.05, 3.63) is 24.3 Å². The van der Waals surface area contributed by atoms with Crippen molar-refractivity contribution < 1.29 is 13.2 Å². The van der Waals surface area contributed by atoms with Gasteiger partial charge in [0.05, 0.1) is 11.0 Å². The standard InChI is InChI=1S/C18H30N2O3S/c1-14(2)18(20-11-5-6-12-20)13-19-24(21,22)17-9-7-16(8-10-17)23-15(3)4/h7-10,14-15,18-19H,5-6,11-13H2,1-4H3. The van der Waals surface area contributed by atoms with E-state index < -0.39 is 10.0 Å². The van der Waals surface area contributed by atoms with Crippen LogP contribution in [0.2, 0.25) is 0 Å². The van der Waals surface area contributed by atoms with Crippen LogP contribution in [-0.2, 0) is 10.0 Å². The Balaban J connectivity index is 2.01. The maximum atomic E-state index is 12.5. The molecule has 1 aliphatic heterocycles. The van der Waals surface area contributed by atoms with E-state index >= 15 is 0 Å². The van der Waals surface area contributed by atoms with Gasteiger partial charge in [-0.3, -0.25) is 4.90 Å². The number of benzene rings is 1. The summed E-state index contributed by atoms with van der Waals surface area (Å²) in [4.78, 5) is 2.68. The number of nitrogens with one attached hydrogen (secondary N) is 1. The Bertz CT molecular complexity index is 606. The van der Waals surface area contributed by atoms with Crippen LogP contribution in [0.3, 0.4) is 0 Å². The SMILES string of the molecule is CC(C)Oc1ccc(S(=O)(=O)NCC(C(C)C)N2CCCC2)cc1. The molecule has 5 nitrogen and oxygen atoms in total. The van der Waals surface area contributed by atoms with Gasteiger partial charge in [0.1, 0.15) is 5.75 Å². The molecule has 1 aromatic carbocycles. The zero-order valence-electron chi connectivity index (χ0n) is 15.2. The van der Waals surface area contributed by atoms with Gasteiger partial charge in [-0.15, -0.1) is 0 Å². The van der Waals surface area contributed by atoms with Crippen LogP contribution in [0.25, 0.3) is 0 Å². The van der Waals surface area contributed by atoms with E-state index in [2.05, 4.69) is 23.5 Å². The van der Waals surface area contributed by atoms with E-state index in [-0.39, 0.29) is 17.0 Å². The summed E-state index contributed by atoms with van der Waals surface area (Å²) in [5.74, 6) is 1.09. The molecule has 0 aromatic heterocycles. The maximum absolute atomic E-state index is 12.5. The second kappa shape index (κ2) is 8.32. The third-order valence-corrected chi connectivity index (χ3v) is 5.81. The highest BCUT2D eigenvalue weighted by Gasteiger charge is 2.26. The fraction of sp³-hybridized carbons (Fsp3) is 0.667. The summed E-state index contributed by atoms with van der Waals surface area (Å²) < 4.78 is 33.4. The molecule has 1 heterocycles. The van der Waals surface area contributed by atoms with Crippen LogP contribution >= 0.6 is 0 Å². The fourth-order valence-corrected chi connectivity index (χ4v) is 4.16. The molecule has 6 heteroatoms. The van der Waals surface area contributed by atoms with E-state index in [1.165, 1.54) is 12.8 Å². The molecular weight excluding hydrogens is 324 g/mol. The van der Waals surface area contributed by atoms with Crippen molar-refractivity contribution in [2.75, 3.05) is 19.6 Å². The van der Waals surface area contributed by atoms with Crippen LogP contribution < -0.4 is 9.46 Å². The monoisotopic (exact) mass is 354 g/mol. The summed E-state index contributed by atoms with van der Waals surface area (Å²) in [6.45, 7) is 10.7. The van der Waals surface area contributed by atoms with Gasteiger partial charge >= 0.3 is 0 Å². The van der Waals surface area contributed by atoms with Gasteiger partial charge in [-0.2, -0.15) is 0 Å². The molecule has 0 bridgehead atoms. The van der Waals surface area contributed by atoms with Gasteiger partial charge in [-0.1, -0.05) is 13.8 Å². The van der Waals surface area contributed by atoms with Crippen molar-refractivity contribution in [1.29, 1.82) is 0 Å². The summed E-state index contributed by atoms with van der Waals surface area (Å²) in [5.41, 5.74) is 0. The molecule has 0 radical (unpaired) electrons. The molecule has 1 aromatic rings. The highest BCUT2D eigenvalue weighted by molar-refractivity contribution is 7.89. The number of hydrogen-bond acceptors (Lipinski definition) is 4. The molecule has 1 unspecified atom stereocenters. The van der Waals surface area contributed by atoms with Gasteiger partial charge in [0.15, 0.2) is 0 Å². The van der Waals surface area contributed by atoms with E-state index in [1.807, 2.05) is 13.8 Å². The first kappa shape index (κ1) is 19.2. The Morgan fingerprint density at radius 3 is 2.17 bits per heavy atom. The second-order valence-corrected chi connectivity index (χ2v) is 8.81. The average Bonchev–Trinajstić information content (AvgIpc) is 3.01. The second-order valence-electron chi connectivity index (χ2n) is 7.04. The third-order valence-electron chi connectivity index (χ3n) is 4.37.